The van der Waals surface area contributed by atoms with E-state index in [0.717, 1.165) is 6.42 Å². The van der Waals surface area contributed by atoms with E-state index in [2.05, 4.69) is 20.8 Å². The van der Waals surface area contributed by atoms with Gasteiger partial charge in [0.2, 0.25) is 0 Å². The molecule has 1 aliphatic carbocycles. The number of Topliss-reactive ketones (excluding diaryl/α,β-unsaturated/α-hetero) is 1. The van der Waals surface area contributed by atoms with Crippen LogP contribution in [0.15, 0.2) is 0 Å². The minimum atomic E-state index is -0.161. The normalized spacial score (nSPS) is 27.5. The van der Waals surface area contributed by atoms with Crippen LogP contribution in [0.1, 0.15) is 85.0 Å². The van der Waals surface area contributed by atoms with Crippen LogP contribution < -0.4 is 0 Å². The molecule has 124 valence electrons. The van der Waals surface area contributed by atoms with Crippen LogP contribution >= 0.6 is 0 Å². The standard InChI is InChI=1S/C19H36O2/c1-5-6-7-8-9-10-14-17(20)19(21-4)18-15(2)12-11-13-16(18)3/h15-16,18-19H,5-14H2,1-4H3. The van der Waals surface area contributed by atoms with Gasteiger partial charge in [-0.1, -0.05) is 72.1 Å². The Balaban J connectivity index is 2.38. The van der Waals surface area contributed by atoms with Gasteiger partial charge in [-0.2, -0.15) is 0 Å². The first kappa shape index (κ1) is 18.7. The summed E-state index contributed by atoms with van der Waals surface area (Å²) in [4.78, 5) is 12.5. The summed E-state index contributed by atoms with van der Waals surface area (Å²) in [7, 11) is 1.72. The summed E-state index contributed by atoms with van der Waals surface area (Å²) in [5.41, 5.74) is 0. The van der Waals surface area contributed by atoms with Gasteiger partial charge in [-0.05, 0) is 24.2 Å². The van der Waals surface area contributed by atoms with Crippen LogP contribution in [-0.4, -0.2) is 19.0 Å². The first-order valence-corrected chi connectivity index (χ1v) is 9.17. The number of rotatable bonds is 10. The molecule has 0 radical (unpaired) electrons. The van der Waals surface area contributed by atoms with E-state index in [4.69, 9.17) is 4.74 Å². The number of ether oxygens (including phenoxy) is 1. The molecule has 1 rings (SSSR count). The number of carbonyl (C=O) groups is 1. The van der Waals surface area contributed by atoms with Crippen LogP contribution in [0.2, 0.25) is 0 Å². The van der Waals surface area contributed by atoms with Crippen LogP contribution in [0.4, 0.5) is 0 Å². The molecule has 1 saturated carbocycles. The fourth-order valence-electron chi connectivity index (χ4n) is 4.03. The zero-order valence-corrected chi connectivity index (χ0v) is 14.7. The lowest BCUT2D eigenvalue weighted by Gasteiger charge is -2.38. The molecule has 0 aliphatic heterocycles. The second-order valence-electron chi connectivity index (χ2n) is 7.10. The third-order valence-corrected chi connectivity index (χ3v) is 5.33. The third kappa shape index (κ3) is 6.10. The minimum absolute atomic E-state index is 0.161. The van der Waals surface area contributed by atoms with Crippen molar-refractivity contribution in [2.45, 2.75) is 91.1 Å². The third-order valence-electron chi connectivity index (χ3n) is 5.33. The van der Waals surface area contributed by atoms with Crippen molar-refractivity contribution in [3.63, 3.8) is 0 Å². The molecule has 3 atom stereocenters. The number of carbonyl (C=O) groups excluding carboxylic acids is 1. The molecule has 0 aromatic carbocycles. The second-order valence-corrected chi connectivity index (χ2v) is 7.10. The molecule has 0 heterocycles. The van der Waals surface area contributed by atoms with Crippen LogP contribution in [0.3, 0.4) is 0 Å². The van der Waals surface area contributed by atoms with Gasteiger partial charge in [0, 0.05) is 13.5 Å². The Hall–Kier alpha value is -0.370. The molecule has 0 bridgehead atoms. The molecule has 1 fully saturated rings. The smallest absolute Gasteiger partial charge is 0.161 e. The van der Waals surface area contributed by atoms with Crippen molar-refractivity contribution in [3.8, 4) is 0 Å². The van der Waals surface area contributed by atoms with Gasteiger partial charge in [0.15, 0.2) is 5.78 Å². The van der Waals surface area contributed by atoms with Crippen LogP contribution in [-0.2, 0) is 9.53 Å². The average molecular weight is 296 g/mol. The summed E-state index contributed by atoms with van der Waals surface area (Å²) in [5.74, 6) is 2.01. The summed E-state index contributed by atoms with van der Waals surface area (Å²) in [5, 5.41) is 0. The Bertz CT molecular complexity index is 277. The Labute approximate surface area is 132 Å². The largest absolute Gasteiger partial charge is 0.373 e. The van der Waals surface area contributed by atoms with E-state index in [-0.39, 0.29) is 6.10 Å². The molecule has 3 unspecified atom stereocenters. The lowest BCUT2D eigenvalue weighted by Crippen LogP contribution is -2.41. The van der Waals surface area contributed by atoms with Gasteiger partial charge >= 0.3 is 0 Å². The van der Waals surface area contributed by atoms with E-state index in [1.165, 1.54) is 51.4 Å². The topological polar surface area (TPSA) is 26.3 Å². The van der Waals surface area contributed by atoms with Crippen LogP contribution in [0, 0.1) is 17.8 Å². The van der Waals surface area contributed by atoms with Gasteiger partial charge in [0.1, 0.15) is 6.10 Å². The summed E-state index contributed by atoms with van der Waals surface area (Å²) in [6, 6.07) is 0. The predicted molar refractivity (Wildman–Crippen MR) is 89.5 cm³/mol. The molecule has 0 saturated heterocycles. The summed E-state index contributed by atoms with van der Waals surface area (Å²) in [6.45, 7) is 6.83. The molecule has 21 heavy (non-hydrogen) atoms. The molecule has 0 aromatic heterocycles. The molecule has 0 N–H and O–H groups in total. The lowest BCUT2D eigenvalue weighted by atomic mass is 9.70. The molecular formula is C19H36O2. The maximum absolute atomic E-state index is 12.5. The van der Waals surface area contributed by atoms with Gasteiger partial charge in [0.25, 0.3) is 0 Å². The van der Waals surface area contributed by atoms with Crippen molar-refractivity contribution in [2.75, 3.05) is 7.11 Å². The summed E-state index contributed by atoms with van der Waals surface area (Å²) < 4.78 is 5.64. The highest BCUT2D eigenvalue weighted by Crippen LogP contribution is 2.38. The van der Waals surface area contributed by atoms with E-state index >= 15 is 0 Å². The van der Waals surface area contributed by atoms with Gasteiger partial charge in [-0.3, -0.25) is 4.79 Å². The number of unbranched alkanes of at least 4 members (excludes halogenated alkanes) is 5. The molecular weight excluding hydrogens is 260 g/mol. The maximum Gasteiger partial charge on any atom is 0.161 e. The molecule has 1 aliphatic rings. The Morgan fingerprint density at radius 3 is 2.19 bits per heavy atom. The second kappa shape index (κ2) is 10.4. The van der Waals surface area contributed by atoms with Crippen molar-refractivity contribution in [2.24, 2.45) is 17.8 Å². The van der Waals surface area contributed by atoms with Crippen molar-refractivity contribution in [1.29, 1.82) is 0 Å². The Morgan fingerprint density at radius 1 is 1.05 bits per heavy atom. The van der Waals surface area contributed by atoms with Gasteiger partial charge in [-0.25, -0.2) is 0 Å². The van der Waals surface area contributed by atoms with Gasteiger partial charge in [-0.15, -0.1) is 0 Å². The van der Waals surface area contributed by atoms with Crippen LogP contribution in [0.5, 0.6) is 0 Å². The minimum Gasteiger partial charge on any atom is -0.373 e. The average Bonchev–Trinajstić information content (AvgIpc) is 2.46. The van der Waals surface area contributed by atoms with Crippen LogP contribution in [0.25, 0.3) is 0 Å². The fraction of sp³-hybridized carbons (Fsp3) is 0.947. The van der Waals surface area contributed by atoms with Gasteiger partial charge < -0.3 is 4.74 Å². The Kier molecular flexibility index (Phi) is 9.23. The zero-order chi connectivity index (χ0) is 15.7. The van der Waals surface area contributed by atoms with E-state index in [0.29, 0.717) is 30.0 Å². The quantitative estimate of drug-likeness (QED) is 0.505. The number of ketones is 1. The summed E-state index contributed by atoms with van der Waals surface area (Å²) >= 11 is 0. The Morgan fingerprint density at radius 2 is 1.62 bits per heavy atom. The van der Waals surface area contributed by atoms with E-state index in [1.807, 2.05) is 0 Å². The number of hydrogen-bond donors (Lipinski definition) is 0. The molecule has 0 amide bonds. The fourth-order valence-corrected chi connectivity index (χ4v) is 4.03. The lowest BCUT2D eigenvalue weighted by molar-refractivity contribution is -0.136. The van der Waals surface area contributed by atoms with Crippen molar-refractivity contribution >= 4 is 5.78 Å². The van der Waals surface area contributed by atoms with Crippen molar-refractivity contribution in [1.82, 2.24) is 0 Å². The predicted octanol–water partition coefficient (Wildman–Crippen LogP) is 5.39. The van der Waals surface area contributed by atoms with Crippen molar-refractivity contribution < 1.29 is 9.53 Å². The first-order chi connectivity index (χ1) is 10.1. The number of methoxy groups -OCH3 is 1. The molecule has 2 nitrogen and oxygen atoms in total. The monoisotopic (exact) mass is 296 g/mol. The maximum atomic E-state index is 12.5. The first-order valence-electron chi connectivity index (χ1n) is 9.17. The highest BCUT2D eigenvalue weighted by molar-refractivity contribution is 5.83. The SMILES string of the molecule is CCCCCCCCC(=O)C(OC)C1C(C)CCCC1C. The van der Waals surface area contributed by atoms with E-state index < -0.39 is 0 Å². The molecule has 0 spiro atoms. The van der Waals surface area contributed by atoms with Gasteiger partial charge in [0.05, 0.1) is 0 Å². The summed E-state index contributed by atoms with van der Waals surface area (Å²) in [6.07, 6.45) is 11.8. The molecule has 0 aromatic rings. The highest BCUT2D eigenvalue weighted by atomic mass is 16.5. The van der Waals surface area contributed by atoms with E-state index in [9.17, 15) is 4.79 Å². The zero-order valence-electron chi connectivity index (χ0n) is 14.7. The van der Waals surface area contributed by atoms with E-state index in [1.54, 1.807) is 7.11 Å². The van der Waals surface area contributed by atoms with Crippen molar-refractivity contribution in [3.05, 3.63) is 0 Å². The highest BCUT2D eigenvalue weighted by Gasteiger charge is 2.37. The molecule has 2 heteroatoms. The number of hydrogen-bond acceptors (Lipinski definition) is 2.